The van der Waals surface area contributed by atoms with E-state index in [9.17, 15) is 0 Å². The molecule has 0 aliphatic heterocycles. The predicted octanol–water partition coefficient (Wildman–Crippen LogP) is 13.4. The highest BCUT2D eigenvalue weighted by Gasteiger charge is 2.23. The van der Waals surface area contributed by atoms with Crippen molar-refractivity contribution >= 4 is 59.8 Å². The fourth-order valence-corrected chi connectivity index (χ4v) is 8.03. The molecule has 49 heavy (non-hydrogen) atoms. The number of fused-ring (bicyclic) bond motifs is 6. The van der Waals surface area contributed by atoms with Crippen LogP contribution in [0.1, 0.15) is 18.4 Å². The number of benzene rings is 7. The van der Waals surface area contributed by atoms with Gasteiger partial charge in [-0.05, 0) is 109 Å². The molecule has 0 bridgehead atoms. The van der Waals surface area contributed by atoms with E-state index in [4.69, 9.17) is 4.42 Å². The van der Waals surface area contributed by atoms with Crippen molar-refractivity contribution in [1.82, 2.24) is 0 Å². The van der Waals surface area contributed by atoms with Gasteiger partial charge in [-0.3, -0.25) is 0 Å². The lowest BCUT2D eigenvalue weighted by Crippen LogP contribution is -1.96. The lowest BCUT2D eigenvalue weighted by atomic mass is 9.81. The van der Waals surface area contributed by atoms with Gasteiger partial charge in [-0.1, -0.05) is 140 Å². The SMILES string of the molecule is c1ccc2c(-c3cc4c(cc3-c3cccc5ccccc35)oc3ccccc34)c3ccccc3c(-c3ccccc3C3=CC=CCC3)c2c#1. The van der Waals surface area contributed by atoms with Gasteiger partial charge in [0.25, 0.3) is 0 Å². The maximum Gasteiger partial charge on any atom is 0.136 e. The van der Waals surface area contributed by atoms with Crippen LogP contribution in [0.5, 0.6) is 0 Å². The molecular formula is C48H30O. The normalized spacial score (nSPS) is 13.0. The predicted molar refractivity (Wildman–Crippen MR) is 207 cm³/mol. The third kappa shape index (κ3) is 4.35. The van der Waals surface area contributed by atoms with Crippen molar-refractivity contribution in [2.75, 3.05) is 0 Å². The van der Waals surface area contributed by atoms with Crippen molar-refractivity contribution in [3.05, 3.63) is 175 Å². The van der Waals surface area contributed by atoms with Crippen LogP contribution in [0.15, 0.2) is 162 Å². The summed E-state index contributed by atoms with van der Waals surface area (Å²) < 4.78 is 6.52. The molecule has 0 amide bonds. The minimum atomic E-state index is 0.891. The summed E-state index contributed by atoms with van der Waals surface area (Å²) in [5, 5.41) is 9.33. The van der Waals surface area contributed by atoms with Gasteiger partial charge in [0, 0.05) is 21.7 Å². The summed E-state index contributed by atoms with van der Waals surface area (Å²) in [6, 6.07) is 57.2. The summed E-state index contributed by atoms with van der Waals surface area (Å²) in [6.45, 7) is 0. The molecule has 1 aliphatic rings. The van der Waals surface area contributed by atoms with E-state index in [2.05, 4.69) is 158 Å². The van der Waals surface area contributed by atoms with E-state index < -0.39 is 0 Å². The molecule has 0 unspecified atom stereocenters. The van der Waals surface area contributed by atoms with Crippen LogP contribution in [0.3, 0.4) is 0 Å². The number of para-hydroxylation sites is 1. The van der Waals surface area contributed by atoms with Crippen molar-refractivity contribution in [3.8, 4) is 33.4 Å². The van der Waals surface area contributed by atoms with Gasteiger partial charge in [-0.15, -0.1) is 0 Å². The molecular weight excluding hydrogens is 593 g/mol. The minimum Gasteiger partial charge on any atom is -0.456 e. The Morgan fingerprint density at radius 1 is 0.490 bits per heavy atom. The molecule has 0 spiro atoms. The molecule has 1 nitrogen and oxygen atoms in total. The number of hydrogen-bond donors (Lipinski definition) is 0. The summed E-state index contributed by atoms with van der Waals surface area (Å²) in [5.74, 6) is 0. The average molecular weight is 623 g/mol. The molecule has 1 aromatic heterocycles. The van der Waals surface area contributed by atoms with Crippen LogP contribution in [0.4, 0.5) is 0 Å². The molecule has 0 atom stereocenters. The topological polar surface area (TPSA) is 13.1 Å². The van der Waals surface area contributed by atoms with Gasteiger partial charge in [0.05, 0.1) is 0 Å². The molecule has 1 heteroatoms. The molecule has 0 radical (unpaired) electrons. The second kappa shape index (κ2) is 11.1. The van der Waals surface area contributed by atoms with E-state index in [-0.39, 0.29) is 0 Å². The van der Waals surface area contributed by atoms with Crippen LogP contribution in [0, 0.1) is 12.1 Å². The van der Waals surface area contributed by atoms with E-state index in [0.29, 0.717) is 0 Å². The highest BCUT2D eigenvalue weighted by Crippen LogP contribution is 2.49. The van der Waals surface area contributed by atoms with Crippen LogP contribution < -0.4 is 0 Å². The Morgan fingerprint density at radius 3 is 2.06 bits per heavy atom. The zero-order valence-electron chi connectivity index (χ0n) is 26.8. The Hall–Kier alpha value is -6.36. The first-order chi connectivity index (χ1) is 24.3. The van der Waals surface area contributed by atoms with Crippen molar-refractivity contribution in [3.63, 3.8) is 0 Å². The van der Waals surface area contributed by atoms with E-state index in [0.717, 1.165) is 51.1 Å². The summed E-state index contributed by atoms with van der Waals surface area (Å²) >= 11 is 0. The van der Waals surface area contributed by atoms with E-state index in [1.54, 1.807) is 0 Å². The molecule has 8 aromatic carbocycles. The van der Waals surface area contributed by atoms with Gasteiger partial charge in [0.15, 0.2) is 0 Å². The van der Waals surface area contributed by atoms with Crippen molar-refractivity contribution in [2.45, 2.75) is 12.8 Å². The van der Waals surface area contributed by atoms with Gasteiger partial charge in [-0.2, -0.15) is 0 Å². The fraction of sp³-hybridized carbons (Fsp3) is 0.0417. The summed E-state index contributed by atoms with van der Waals surface area (Å²) in [6.07, 6.45) is 8.81. The quantitative estimate of drug-likeness (QED) is 0.190. The van der Waals surface area contributed by atoms with Gasteiger partial charge >= 0.3 is 0 Å². The number of allylic oxidation sites excluding steroid dienone is 4. The maximum absolute atomic E-state index is 6.52. The van der Waals surface area contributed by atoms with Crippen LogP contribution in [0.2, 0.25) is 0 Å². The standard InChI is InChI=1S/C48H30O/c1-2-15-31(16-3-1)34-20-6-7-22-37(34)47-38-23-8-10-25-40(38)48(41-26-11-9-24-39(41)47)44-29-43-36-21-12-13-28-45(36)49-46(43)30-42(44)35-27-14-18-32-17-4-5-19-33(32)35/h1-2,4-8,10-15,17-23,25-30H,3,16H2. The monoisotopic (exact) mass is 622 g/mol. The number of furan rings is 1. The van der Waals surface area contributed by atoms with E-state index in [1.807, 2.05) is 12.1 Å². The molecule has 0 saturated carbocycles. The Morgan fingerprint density at radius 2 is 1.20 bits per heavy atom. The van der Waals surface area contributed by atoms with Crippen LogP contribution in [-0.2, 0) is 0 Å². The Kier molecular flexibility index (Phi) is 6.29. The minimum absolute atomic E-state index is 0.891. The van der Waals surface area contributed by atoms with Crippen molar-refractivity contribution in [1.29, 1.82) is 0 Å². The van der Waals surface area contributed by atoms with E-state index >= 15 is 0 Å². The maximum atomic E-state index is 6.52. The Labute approximate surface area is 285 Å². The Bertz CT molecular complexity index is 2760. The third-order valence-electron chi connectivity index (χ3n) is 10.2. The molecule has 1 aliphatic carbocycles. The van der Waals surface area contributed by atoms with Gasteiger partial charge in [0.2, 0.25) is 0 Å². The summed E-state index contributed by atoms with van der Waals surface area (Å²) in [4.78, 5) is 0. The molecule has 228 valence electrons. The average Bonchev–Trinajstić information content (AvgIpc) is 3.54. The molecule has 10 rings (SSSR count). The first kappa shape index (κ1) is 27.7. The molecule has 0 N–H and O–H groups in total. The highest BCUT2D eigenvalue weighted by molar-refractivity contribution is 6.24. The molecule has 1 heterocycles. The first-order valence-corrected chi connectivity index (χ1v) is 17.0. The Balaban J connectivity index is 1.36. The lowest BCUT2D eigenvalue weighted by Gasteiger charge is -2.21. The second-order valence-electron chi connectivity index (χ2n) is 12.9. The second-order valence-corrected chi connectivity index (χ2v) is 12.9. The summed E-state index contributed by atoms with van der Waals surface area (Å²) in [7, 11) is 0. The van der Waals surface area contributed by atoms with Crippen LogP contribution in [-0.4, -0.2) is 0 Å². The number of hydrogen-bond acceptors (Lipinski definition) is 1. The molecule has 9 aromatic rings. The molecule has 0 saturated heterocycles. The molecule has 0 fully saturated rings. The zero-order valence-corrected chi connectivity index (χ0v) is 26.8. The summed E-state index contributed by atoms with van der Waals surface area (Å²) in [5.41, 5.74) is 11.6. The first-order valence-electron chi connectivity index (χ1n) is 17.0. The highest BCUT2D eigenvalue weighted by atomic mass is 16.3. The number of rotatable bonds is 4. The zero-order chi connectivity index (χ0) is 32.3. The van der Waals surface area contributed by atoms with E-state index in [1.165, 1.54) is 60.5 Å². The largest absolute Gasteiger partial charge is 0.456 e. The fourth-order valence-electron chi connectivity index (χ4n) is 8.03. The van der Waals surface area contributed by atoms with Crippen LogP contribution in [0.25, 0.3) is 93.2 Å². The van der Waals surface area contributed by atoms with Gasteiger partial charge < -0.3 is 4.42 Å². The van der Waals surface area contributed by atoms with Gasteiger partial charge in [0.1, 0.15) is 11.2 Å². The van der Waals surface area contributed by atoms with Gasteiger partial charge in [-0.25, -0.2) is 0 Å². The third-order valence-corrected chi connectivity index (χ3v) is 10.2. The van der Waals surface area contributed by atoms with Crippen molar-refractivity contribution < 1.29 is 4.42 Å². The van der Waals surface area contributed by atoms with Crippen molar-refractivity contribution in [2.24, 2.45) is 0 Å². The lowest BCUT2D eigenvalue weighted by molar-refractivity contribution is 0.669. The smallest absolute Gasteiger partial charge is 0.136 e. The van der Waals surface area contributed by atoms with Crippen LogP contribution >= 0.6 is 0 Å².